The summed E-state index contributed by atoms with van der Waals surface area (Å²) in [6.45, 7) is -6.69. The average Bonchev–Trinajstić information content (AvgIpc) is 3.69. The minimum absolute atomic E-state index is 0.00513. The van der Waals surface area contributed by atoms with Gasteiger partial charge >= 0.3 is 0 Å². The van der Waals surface area contributed by atoms with Crippen LogP contribution in [0.15, 0.2) is 176 Å². The molecule has 9 aromatic rings. The van der Waals surface area contributed by atoms with E-state index in [0.29, 0.717) is 44.8 Å². The van der Waals surface area contributed by atoms with Gasteiger partial charge in [0.15, 0.2) is 0 Å². The lowest BCUT2D eigenvalue weighted by molar-refractivity contribution is 0.472. The monoisotopic (exact) mass is 760 g/mol. The van der Waals surface area contributed by atoms with Gasteiger partial charge in [0.2, 0.25) is 0 Å². The van der Waals surface area contributed by atoms with Crippen molar-refractivity contribution in [2.24, 2.45) is 0 Å². The lowest BCUT2D eigenvalue weighted by Gasteiger charge is -2.23. The molecule has 0 spiro atoms. The topological polar surface area (TPSA) is 50.9 Å². The number of pyridine rings is 1. The summed E-state index contributed by atoms with van der Waals surface area (Å²) < 4.78 is 78.7. The molecule has 0 saturated heterocycles. The predicted octanol–water partition coefficient (Wildman–Crippen LogP) is 14.0. The second kappa shape index (κ2) is 14.8. The largest absolute Gasteiger partial charge is 0.507 e. The Labute approximate surface area is 353 Å². The van der Waals surface area contributed by atoms with E-state index in [9.17, 15) is 5.11 Å². The van der Waals surface area contributed by atoms with Gasteiger partial charge in [0.05, 0.1) is 28.0 Å². The molecule has 1 N–H and O–H groups in total. The molecule has 4 heteroatoms. The summed E-state index contributed by atoms with van der Waals surface area (Å²) in [6.07, 6.45) is 1.81. The van der Waals surface area contributed by atoms with E-state index in [1.54, 1.807) is 30.3 Å². The van der Waals surface area contributed by atoms with Crippen molar-refractivity contribution in [1.82, 2.24) is 14.5 Å². The third-order valence-corrected chi connectivity index (χ3v) is 10.6. The SMILES string of the molecule is [2H]C([2H])([2H])C(c1ccc(-n2c(-c3cc(C)cc(C)c3O)nc3c(-c4cc(-c5ccccc5)cc(-c5cc(-c6ccccc6)ccn5)c4)cccc32)c(-c2ccccc2)c1)(C([2H])([2H])[2H])C([2H])([2H])[2H]. The Hall–Kier alpha value is -7.04. The Morgan fingerprint density at radius 1 is 0.534 bits per heavy atom. The molecule has 0 fully saturated rings. The Balaban J connectivity index is 1.36. The number of aryl methyl sites for hydroxylation is 2. The zero-order chi connectivity index (χ0) is 47.5. The van der Waals surface area contributed by atoms with Crippen LogP contribution >= 0.6 is 0 Å². The van der Waals surface area contributed by atoms with Gasteiger partial charge in [-0.25, -0.2) is 4.98 Å². The van der Waals surface area contributed by atoms with Gasteiger partial charge in [-0.05, 0) is 124 Å². The number of para-hydroxylation sites is 1. The number of hydrogen-bond acceptors (Lipinski definition) is 3. The Morgan fingerprint density at radius 3 is 1.90 bits per heavy atom. The van der Waals surface area contributed by atoms with Gasteiger partial charge in [0.1, 0.15) is 11.6 Å². The second-order valence-electron chi connectivity index (χ2n) is 14.7. The molecule has 0 radical (unpaired) electrons. The molecule has 0 bridgehead atoms. The number of aromatic nitrogens is 3. The van der Waals surface area contributed by atoms with Gasteiger partial charge in [-0.2, -0.15) is 0 Å². The molecule has 0 unspecified atom stereocenters. The zero-order valence-electron chi connectivity index (χ0n) is 41.0. The van der Waals surface area contributed by atoms with Crippen LogP contribution in [0.1, 0.15) is 49.6 Å². The number of rotatable bonds is 7. The first-order valence-corrected chi connectivity index (χ1v) is 19.1. The third-order valence-electron chi connectivity index (χ3n) is 10.6. The van der Waals surface area contributed by atoms with Gasteiger partial charge in [0.25, 0.3) is 0 Å². The molecule has 58 heavy (non-hydrogen) atoms. The maximum absolute atomic E-state index is 11.8. The number of fused-ring (bicyclic) bond motifs is 1. The van der Waals surface area contributed by atoms with Crippen LogP contribution in [-0.4, -0.2) is 19.6 Å². The normalized spacial score (nSPS) is 14.6. The lowest BCUT2D eigenvalue weighted by Crippen LogP contribution is -2.12. The van der Waals surface area contributed by atoms with Gasteiger partial charge in [-0.3, -0.25) is 9.55 Å². The van der Waals surface area contributed by atoms with Crippen molar-refractivity contribution < 1.29 is 17.4 Å². The standard InChI is InChI=1S/C54H45N3O/c1-35-28-36(2)52(58)47(29-35)53-56-51-45(22-15-23-50(51)57(53)49-25-24-44(54(3,4)5)34-46(49)39-20-13-8-14-21-39)42-30-41(38-18-11-7-12-19-38)31-43(32-42)48-33-40(26-27-55-48)37-16-9-6-10-17-37/h6-34,58H,1-5H3/i3D3,4D3,5D3. The van der Waals surface area contributed by atoms with E-state index in [-0.39, 0.29) is 11.3 Å². The van der Waals surface area contributed by atoms with E-state index >= 15 is 0 Å². The zero-order valence-corrected chi connectivity index (χ0v) is 32.0. The number of benzene rings is 7. The van der Waals surface area contributed by atoms with E-state index in [2.05, 4.69) is 48.5 Å². The average molecular weight is 761 g/mol. The highest BCUT2D eigenvalue weighted by Gasteiger charge is 2.25. The molecule has 0 aliphatic carbocycles. The van der Waals surface area contributed by atoms with Crippen LogP contribution < -0.4 is 0 Å². The van der Waals surface area contributed by atoms with Crippen LogP contribution in [0.5, 0.6) is 5.75 Å². The first-order chi connectivity index (χ1) is 31.9. The summed E-state index contributed by atoms with van der Waals surface area (Å²) in [7, 11) is 0. The third kappa shape index (κ3) is 6.88. The smallest absolute Gasteiger partial charge is 0.149 e. The Morgan fingerprint density at radius 2 is 1.19 bits per heavy atom. The van der Waals surface area contributed by atoms with E-state index in [0.717, 1.165) is 50.2 Å². The number of phenols is 1. The molecule has 4 nitrogen and oxygen atoms in total. The van der Waals surface area contributed by atoms with E-state index < -0.39 is 26.0 Å². The second-order valence-corrected chi connectivity index (χ2v) is 14.7. The van der Waals surface area contributed by atoms with Gasteiger partial charge < -0.3 is 5.11 Å². The molecule has 9 rings (SSSR count). The Bertz CT molecular complexity index is 3250. The molecular weight excluding hydrogens is 707 g/mol. The van der Waals surface area contributed by atoms with Crippen LogP contribution in [0.3, 0.4) is 0 Å². The van der Waals surface area contributed by atoms with Crippen LogP contribution in [0.25, 0.3) is 83.9 Å². The molecule has 0 amide bonds. The van der Waals surface area contributed by atoms with Crippen molar-refractivity contribution in [2.45, 2.75) is 39.8 Å². The van der Waals surface area contributed by atoms with Crippen molar-refractivity contribution in [3.05, 3.63) is 193 Å². The number of nitrogens with zero attached hydrogens (tertiary/aromatic N) is 3. The number of hydrogen-bond donors (Lipinski definition) is 1. The number of aromatic hydroxyl groups is 1. The Kier molecular flexibility index (Phi) is 7.03. The van der Waals surface area contributed by atoms with Crippen molar-refractivity contribution in [2.75, 3.05) is 0 Å². The minimum Gasteiger partial charge on any atom is -0.507 e. The van der Waals surface area contributed by atoms with Gasteiger partial charge in [0, 0.05) is 35.2 Å². The fourth-order valence-electron chi connectivity index (χ4n) is 7.83. The van der Waals surface area contributed by atoms with Crippen LogP contribution in [0, 0.1) is 13.8 Å². The summed E-state index contributed by atoms with van der Waals surface area (Å²) in [6, 6.07) is 53.3. The van der Waals surface area contributed by atoms with Crippen molar-refractivity contribution in [1.29, 1.82) is 0 Å². The molecule has 2 aromatic heterocycles. The summed E-state index contributed by atoms with van der Waals surface area (Å²) in [5.41, 5.74) is 8.11. The van der Waals surface area contributed by atoms with Crippen molar-refractivity contribution in [3.8, 4) is 78.6 Å². The van der Waals surface area contributed by atoms with Crippen LogP contribution in [-0.2, 0) is 5.41 Å². The van der Waals surface area contributed by atoms with Crippen molar-refractivity contribution in [3.63, 3.8) is 0 Å². The number of phenolic OH excluding ortho intramolecular Hbond substituents is 1. The maximum atomic E-state index is 11.8. The summed E-state index contributed by atoms with van der Waals surface area (Å²) in [5.74, 6) is 0.354. The first-order valence-electron chi connectivity index (χ1n) is 23.6. The molecule has 0 atom stereocenters. The highest BCUT2D eigenvalue weighted by Crippen LogP contribution is 2.43. The highest BCUT2D eigenvalue weighted by molar-refractivity contribution is 5.98. The number of imidazole rings is 1. The minimum atomic E-state index is -3.48. The predicted molar refractivity (Wildman–Crippen MR) is 241 cm³/mol. The molecule has 0 saturated carbocycles. The summed E-state index contributed by atoms with van der Waals surface area (Å²) in [4.78, 5) is 10.2. The van der Waals surface area contributed by atoms with E-state index in [1.807, 2.05) is 103 Å². The maximum Gasteiger partial charge on any atom is 0.149 e. The first kappa shape index (κ1) is 27.5. The fourth-order valence-corrected chi connectivity index (χ4v) is 7.83. The van der Waals surface area contributed by atoms with Gasteiger partial charge in [-0.1, -0.05) is 136 Å². The quantitative estimate of drug-likeness (QED) is 0.176. The summed E-state index contributed by atoms with van der Waals surface area (Å²) in [5, 5.41) is 11.8. The molecule has 7 aromatic carbocycles. The van der Waals surface area contributed by atoms with E-state index in [4.69, 9.17) is 22.3 Å². The molecule has 282 valence electrons. The fraction of sp³-hybridized carbons (Fsp3) is 0.111. The van der Waals surface area contributed by atoms with Crippen LogP contribution in [0.4, 0.5) is 0 Å². The molecular formula is C54H45N3O. The lowest BCUT2D eigenvalue weighted by atomic mass is 9.85. The molecule has 0 aliphatic rings. The molecule has 2 heterocycles. The van der Waals surface area contributed by atoms with Crippen molar-refractivity contribution >= 4 is 11.0 Å². The summed E-state index contributed by atoms with van der Waals surface area (Å²) >= 11 is 0. The molecule has 0 aliphatic heterocycles. The highest BCUT2D eigenvalue weighted by atomic mass is 16.3. The van der Waals surface area contributed by atoms with Crippen LogP contribution in [0.2, 0.25) is 0 Å². The van der Waals surface area contributed by atoms with Gasteiger partial charge in [-0.15, -0.1) is 0 Å². The van der Waals surface area contributed by atoms with E-state index in [1.165, 1.54) is 12.1 Å².